The first kappa shape index (κ1) is 16.8. The molecule has 26 heavy (non-hydrogen) atoms. The fourth-order valence-corrected chi connectivity index (χ4v) is 3.69. The van der Waals surface area contributed by atoms with Crippen molar-refractivity contribution in [3.63, 3.8) is 0 Å². The van der Waals surface area contributed by atoms with Crippen molar-refractivity contribution in [1.82, 2.24) is 25.2 Å². The van der Waals surface area contributed by atoms with Crippen molar-refractivity contribution in [3.05, 3.63) is 35.9 Å². The van der Waals surface area contributed by atoms with Gasteiger partial charge in [-0.3, -0.25) is 14.5 Å². The van der Waals surface area contributed by atoms with E-state index >= 15 is 0 Å². The van der Waals surface area contributed by atoms with Crippen LogP contribution >= 0.6 is 11.8 Å². The molecule has 1 aliphatic carbocycles. The van der Waals surface area contributed by atoms with E-state index < -0.39 is 11.3 Å². The number of nitrogens with zero attached hydrogens (tertiary/aromatic N) is 3. The van der Waals surface area contributed by atoms with E-state index in [1.807, 2.05) is 35.6 Å². The number of benzene rings is 1. The molecule has 0 radical (unpaired) electrons. The molecule has 0 saturated heterocycles. The van der Waals surface area contributed by atoms with E-state index in [9.17, 15) is 9.59 Å². The van der Waals surface area contributed by atoms with Crippen LogP contribution in [0.25, 0.3) is 16.6 Å². The topological polar surface area (TPSA) is 88.4 Å². The summed E-state index contributed by atoms with van der Waals surface area (Å²) >= 11 is 1.28. The summed E-state index contributed by atoms with van der Waals surface area (Å²) in [6, 6.07) is 9.78. The molecule has 8 heteroatoms. The SMILES string of the molecule is Cc1cc2nnc(SC(C)C(=O)NC(=O)NC3CC3)n2c2ccccc12. The van der Waals surface area contributed by atoms with Gasteiger partial charge in [-0.15, -0.1) is 10.2 Å². The molecule has 1 fully saturated rings. The number of para-hydroxylation sites is 1. The number of rotatable bonds is 4. The number of aromatic nitrogens is 3. The standard InChI is InChI=1S/C18H19N5O2S/c1-10-9-15-21-22-18(23(15)14-6-4-3-5-13(10)14)26-11(2)16(24)20-17(25)19-12-7-8-12/h3-6,9,11-12H,7-8H2,1-2H3,(H2,19,20,24,25). The van der Waals surface area contributed by atoms with Crippen LogP contribution in [0, 0.1) is 6.92 Å². The highest BCUT2D eigenvalue weighted by Gasteiger charge is 2.26. The third-order valence-corrected chi connectivity index (χ3v) is 5.42. The first-order chi connectivity index (χ1) is 12.5. The zero-order chi connectivity index (χ0) is 18.3. The predicted molar refractivity (Wildman–Crippen MR) is 100 cm³/mol. The summed E-state index contributed by atoms with van der Waals surface area (Å²) in [5.41, 5.74) is 2.86. The number of urea groups is 1. The Labute approximate surface area is 154 Å². The van der Waals surface area contributed by atoms with Crippen LogP contribution in [-0.2, 0) is 4.79 Å². The molecule has 1 aliphatic rings. The molecule has 0 spiro atoms. The van der Waals surface area contributed by atoms with E-state index in [0.29, 0.717) is 5.16 Å². The van der Waals surface area contributed by atoms with Crippen LogP contribution < -0.4 is 10.6 Å². The van der Waals surface area contributed by atoms with Gasteiger partial charge in [0.25, 0.3) is 0 Å². The van der Waals surface area contributed by atoms with E-state index in [4.69, 9.17) is 0 Å². The van der Waals surface area contributed by atoms with Crippen LogP contribution in [0.3, 0.4) is 0 Å². The molecule has 1 unspecified atom stereocenters. The van der Waals surface area contributed by atoms with Crippen LogP contribution in [-0.4, -0.2) is 37.8 Å². The fourth-order valence-electron chi connectivity index (χ4n) is 2.83. The van der Waals surface area contributed by atoms with Crippen molar-refractivity contribution >= 4 is 40.3 Å². The van der Waals surface area contributed by atoms with Crippen molar-refractivity contribution in [2.24, 2.45) is 0 Å². The minimum absolute atomic E-state index is 0.209. The minimum atomic E-state index is -0.479. The van der Waals surface area contributed by atoms with Gasteiger partial charge in [-0.25, -0.2) is 4.79 Å². The molecule has 1 aromatic carbocycles. The number of imide groups is 1. The Kier molecular flexibility index (Phi) is 4.28. The van der Waals surface area contributed by atoms with Gasteiger partial charge in [-0.2, -0.15) is 0 Å². The number of nitrogens with one attached hydrogen (secondary N) is 2. The smallest absolute Gasteiger partial charge is 0.321 e. The summed E-state index contributed by atoms with van der Waals surface area (Å²) in [6.45, 7) is 3.79. The number of carbonyl (C=O) groups is 2. The quantitative estimate of drug-likeness (QED) is 0.690. The zero-order valence-corrected chi connectivity index (χ0v) is 15.3. The molecule has 7 nitrogen and oxygen atoms in total. The van der Waals surface area contributed by atoms with E-state index in [1.165, 1.54) is 11.8 Å². The molecule has 2 heterocycles. The summed E-state index contributed by atoms with van der Waals surface area (Å²) in [7, 11) is 0. The maximum Gasteiger partial charge on any atom is 0.321 e. The summed E-state index contributed by atoms with van der Waals surface area (Å²) in [5.74, 6) is -0.346. The molecule has 2 aromatic heterocycles. The van der Waals surface area contributed by atoms with Crippen LogP contribution in [0.2, 0.25) is 0 Å². The summed E-state index contributed by atoms with van der Waals surface area (Å²) in [5, 5.41) is 14.9. The van der Waals surface area contributed by atoms with Gasteiger partial charge in [-0.1, -0.05) is 30.0 Å². The molecular weight excluding hydrogens is 350 g/mol. The maximum absolute atomic E-state index is 12.3. The predicted octanol–water partition coefficient (Wildman–Crippen LogP) is 2.66. The van der Waals surface area contributed by atoms with Gasteiger partial charge < -0.3 is 5.32 Å². The van der Waals surface area contributed by atoms with Crippen molar-refractivity contribution in [2.45, 2.75) is 43.1 Å². The van der Waals surface area contributed by atoms with Crippen LogP contribution in [0.5, 0.6) is 0 Å². The molecule has 4 rings (SSSR count). The van der Waals surface area contributed by atoms with Crippen molar-refractivity contribution in [3.8, 4) is 0 Å². The van der Waals surface area contributed by atoms with Crippen LogP contribution in [0.15, 0.2) is 35.5 Å². The lowest BCUT2D eigenvalue weighted by molar-refractivity contribution is -0.119. The van der Waals surface area contributed by atoms with E-state index in [0.717, 1.165) is 35.0 Å². The second-order valence-corrected chi connectivity index (χ2v) is 7.83. The number of hydrogen-bond acceptors (Lipinski definition) is 5. The molecule has 134 valence electrons. The Morgan fingerprint density at radius 3 is 2.81 bits per heavy atom. The summed E-state index contributed by atoms with van der Waals surface area (Å²) < 4.78 is 1.95. The number of carbonyl (C=O) groups excluding carboxylic acids is 2. The number of hydrogen-bond donors (Lipinski definition) is 2. The Morgan fingerprint density at radius 1 is 1.27 bits per heavy atom. The molecule has 0 bridgehead atoms. The molecule has 0 aliphatic heterocycles. The lowest BCUT2D eigenvalue weighted by Crippen LogP contribution is -2.43. The summed E-state index contributed by atoms with van der Waals surface area (Å²) in [4.78, 5) is 24.0. The highest BCUT2D eigenvalue weighted by Crippen LogP contribution is 2.28. The van der Waals surface area contributed by atoms with Gasteiger partial charge in [0.15, 0.2) is 10.8 Å². The Bertz CT molecular complexity index is 1010. The molecule has 1 saturated carbocycles. The number of fused-ring (bicyclic) bond motifs is 3. The van der Waals surface area contributed by atoms with Gasteiger partial charge in [0.2, 0.25) is 5.91 Å². The lowest BCUT2D eigenvalue weighted by Gasteiger charge is -2.12. The monoisotopic (exact) mass is 369 g/mol. The van der Waals surface area contributed by atoms with E-state index in [-0.39, 0.29) is 11.9 Å². The highest BCUT2D eigenvalue weighted by molar-refractivity contribution is 8.00. The third-order valence-electron chi connectivity index (χ3n) is 4.37. The fraction of sp³-hybridized carbons (Fsp3) is 0.333. The van der Waals surface area contributed by atoms with Gasteiger partial charge in [0.1, 0.15) is 0 Å². The second kappa shape index (κ2) is 6.60. The minimum Gasteiger partial charge on any atom is -0.335 e. The van der Waals surface area contributed by atoms with Crippen molar-refractivity contribution in [1.29, 1.82) is 0 Å². The van der Waals surface area contributed by atoms with Gasteiger partial charge in [0, 0.05) is 11.4 Å². The van der Waals surface area contributed by atoms with Gasteiger partial charge in [-0.05, 0) is 44.4 Å². The van der Waals surface area contributed by atoms with E-state index in [1.54, 1.807) is 6.92 Å². The lowest BCUT2D eigenvalue weighted by atomic mass is 10.1. The summed E-state index contributed by atoms with van der Waals surface area (Å²) in [6.07, 6.45) is 1.95. The molecule has 1 atom stereocenters. The second-order valence-electron chi connectivity index (χ2n) is 6.52. The largest absolute Gasteiger partial charge is 0.335 e. The number of thioether (sulfide) groups is 1. The number of amides is 3. The van der Waals surface area contributed by atoms with Crippen LogP contribution in [0.4, 0.5) is 4.79 Å². The van der Waals surface area contributed by atoms with Crippen molar-refractivity contribution in [2.75, 3.05) is 0 Å². The highest BCUT2D eigenvalue weighted by atomic mass is 32.2. The molecule has 2 N–H and O–H groups in total. The molecule has 3 aromatic rings. The maximum atomic E-state index is 12.3. The zero-order valence-electron chi connectivity index (χ0n) is 14.5. The van der Waals surface area contributed by atoms with Gasteiger partial charge in [0.05, 0.1) is 10.8 Å². The average molecular weight is 369 g/mol. The van der Waals surface area contributed by atoms with Gasteiger partial charge >= 0.3 is 6.03 Å². The number of aryl methyl sites for hydroxylation is 1. The molecular formula is C18H19N5O2S. The van der Waals surface area contributed by atoms with Crippen molar-refractivity contribution < 1.29 is 9.59 Å². The van der Waals surface area contributed by atoms with Crippen LogP contribution in [0.1, 0.15) is 25.3 Å². The first-order valence-corrected chi connectivity index (χ1v) is 9.42. The molecule has 3 amide bonds. The Hall–Kier alpha value is -2.61. The normalized spacial score (nSPS) is 15.2. The van der Waals surface area contributed by atoms with E-state index in [2.05, 4.69) is 26.9 Å². The first-order valence-electron chi connectivity index (χ1n) is 8.54. The Morgan fingerprint density at radius 2 is 2.04 bits per heavy atom. The third kappa shape index (κ3) is 3.24. The number of pyridine rings is 1. The Balaban J connectivity index is 1.57. The average Bonchev–Trinajstić information content (AvgIpc) is 3.34.